The fraction of sp³-hybridized carbons (Fsp3) is 0.941. The monoisotopic (exact) mass is 865 g/mol. The molecule has 362 valence electrons. The van der Waals surface area contributed by atoms with E-state index in [2.05, 4.69) is 29.8 Å². The van der Waals surface area contributed by atoms with Gasteiger partial charge in [-0.05, 0) is 71.2 Å². The van der Waals surface area contributed by atoms with Crippen LogP contribution in [-0.2, 0) is 14.4 Å². The standard InChI is InChI=1S/C51H104N6O4/c1-3-5-7-9-11-13-15-17-19-21-23-25-27-29-31-33-44-57(45-34-32-30-28-26-24-22-20-18-16-14-12-10-8-6-4-2)51(61)48(46-49(58)59)56-50(60)47(55-43-37-40-53)38-35-41-54-42-36-39-52/h47-48,54-55H,3-46,52-53H2,1-2H3,(H,56,60)(H,58,59)/t47-,48?/m1/s1. The van der Waals surface area contributed by atoms with E-state index in [1.807, 2.05) is 4.90 Å². The number of unbranched alkanes of at least 4 members (excludes halogenated alkanes) is 30. The molecule has 0 spiro atoms. The van der Waals surface area contributed by atoms with Gasteiger partial charge in [0.25, 0.3) is 0 Å². The largest absolute Gasteiger partial charge is 0.481 e. The first-order valence-corrected chi connectivity index (χ1v) is 26.6. The maximum absolute atomic E-state index is 14.1. The molecule has 8 N–H and O–H groups in total. The molecule has 2 amide bonds. The third kappa shape index (κ3) is 40.8. The summed E-state index contributed by atoms with van der Waals surface area (Å²) < 4.78 is 0. The Morgan fingerprint density at radius 2 is 0.803 bits per heavy atom. The van der Waals surface area contributed by atoms with Crippen molar-refractivity contribution in [2.45, 2.75) is 264 Å². The maximum Gasteiger partial charge on any atom is 0.305 e. The molecular formula is C51H104N6O4. The summed E-state index contributed by atoms with van der Waals surface area (Å²) in [6.45, 7) is 9.08. The Morgan fingerprint density at radius 1 is 0.459 bits per heavy atom. The lowest BCUT2D eigenvalue weighted by atomic mass is 10.0. The Hall–Kier alpha value is -1.75. The molecule has 2 atom stereocenters. The van der Waals surface area contributed by atoms with Gasteiger partial charge in [-0.3, -0.25) is 14.4 Å². The number of amides is 2. The second-order valence-corrected chi connectivity index (χ2v) is 18.3. The van der Waals surface area contributed by atoms with Crippen LogP contribution in [0.2, 0.25) is 0 Å². The molecule has 10 heteroatoms. The quantitative estimate of drug-likeness (QED) is 0.0329. The van der Waals surface area contributed by atoms with Gasteiger partial charge in [-0.1, -0.05) is 206 Å². The van der Waals surface area contributed by atoms with Gasteiger partial charge in [0.2, 0.25) is 11.8 Å². The number of rotatable bonds is 50. The summed E-state index contributed by atoms with van der Waals surface area (Å²) in [5.74, 6) is -1.66. The van der Waals surface area contributed by atoms with Crippen LogP contribution in [0.5, 0.6) is 0 Å². The first-order chi connectivity index (χ1) is 29.9. The molecule has 0 aromatic rings. The summed E-state index contributed by atoms with van der Waals surface area (Å²) in [5.41, 5.74) is 11.3. The number of nitrogens with one attached hydrogen (secondary N) is 3. The summed E-state index contributed by atoms with van der Waals surface area (Å²) in [7, 11) is 0. The molecule has 10 nitrogen and oxygen atoms in total. The van der Waals surface area contributed by atoms with Gasteiger partial charge in [0.05, 0.1) is 12.5 Å². The fourth-order valence-electron chi connectivity index (χ4n) is 8.39. The molecule has 1 unspecified atom stereocenters. The first-order valence-electron chi connectivity index (χ1n) is 26.6. The van der Waals surface area contributed by atoms with Crippen molar-refractivity contribution in [3.8, 4) is 0 Å². The van der Waals surface area contributed by atoms with Crippen LogP contribution < -0.4 is 27.4 Å². The summed E-state index contributed by atoms with van der Waals surface area (Å²) in [4.78, 5) is 41.7. The van der Waals surface area contributed by atoms with Crippen molar-refractivity contribution in [2.24, 2.45) is 11.5 Å². The van der Waals surface area contributed by atoms with Gasteiger partial charge in [-0.2, -0.15) is 0 Å². The van der Waals surface area contributed by atoms with Gasteiger partial charge in [-0.15, -0.1) is 0 Å². The summed E-state index contributed by atoms with van der Waals surface area (Å²) >= 11 is 0. The Kier molecular flexibility index (Phi) is 46.4. The van der Waals surface area contributed by atoms with Crippen LogP contribution in [0.1, 0.15) is 251 Å². The predicted molar refractivity (Wildman–Crippen MR) is 261 cm³/mol. The molecule has 0 bridgehead atoms. The number of carbonyl (C=O) groups excluding carboxylic acids is 2. The average Bonchev–Trinajstić information content (AvgIpc) is 3.25. The van der Waals surface area contributed by atoms with Crippen molar-refractivity contribution in [1.29, 1.82) is 0 Å². The van der Waals surface area contributed by atoms with Gasteiger partial charge < -0.3 is 37.4 Å². The average molecular weight is 865 g/mol. The van der Waals surface area contributed by atoms with Gasteiger partial charge in [-0.25, -0.2) is 0 Å². The molecule has 0 radical (unpaired) electrons. The zero-order chi connectivity index (χ0) is 44.7. The van der Waals surface area contributed by atoms with E-state index in [0.29, 0.717) is 39.1 Å². The topological polar surface area (TPSA) is 163 Å². The van der Waals surface area contributed by atoms with Crippen LogP contribution in [0.4, 0.5) is 0 Å². The molecule has 0 rings (SSSR count). The molecular weight excluding hydrogens is 761 g/mol. The lowest BCUT2D eigenvalue weighted by Crippen LogP contribution is -2.54. The lowest BCUT2D eigenvalue weighted by molar-refractivity contribution is -0.144. The minimum absolute atomic E-state index is 0.262. The Labute approximate surface area is 377 Å². The highest BCUT2D eigenvalue weighted by Crippen LogP contribution is 2.17. The van der Waals surface area contributed by atoms with Crippen molar-refractivity contribution in [2.75, 3.05) is 45.8 Å². The molecule has 0 aliphatic carbocycles. The van der Waals surface area contributed by atoms with Crippen LogP contribution in [-0.4, -0.2) is 85.7 Å². The van der Waals surface area contributed by atoms with E-state index >= 15 is 0 Å². The minimum atomic E-state index is -1.09. The van der Waals surface area contributed by atoms with E-state index in [0.717, 1.165) is 70.9 Å². The van der Waals surface area contributed by atoms with Gasteiger partial charge in [0.1, 0.15) is 6.04 Å². The van der Waals surface area contributed by atoms with E-state index in [1.165, 1.54) is 167 Å². The SMILES string of the molecule is CCCCCCCCCCCCCCCCCCN(CCCCCCCCCCCCCCCCCC)C(=O)C(CC(=O)O)NC(=O)[C@@H](CCCNCCCN)NCCCN. The van der Waals surface area contributed by atoms with Gasteiger partial charge >= 0.3 is 5.97 Å². The molecule has 0 heterocycles. The van der Waals surface area contributed by atoms with E-state index in [1.54, 1.807) is 0 Å². The van der Waals surface area contributed by atoms with E-state index in [4.69, 9.17) is 11.5 Å². The second-order valence-electron chi connectivity index (χ2n) is 18.3. The highest BCUT2D eigenvalue weighted by Gasteiger charge is 2.30. The summed E-state index contributed by atoms with van der Waals surface area (Å²) in [5, 5.41) is 19.4. The Bertz CT molecular complexity index is 920. The van der Waals surface area contributed by atoms with Crippen LogP contribution in [0, 0.1) is 0 Å². The van der Waals surface area contributed by atoms with Crippen LogP contribution >= 0.6 is 0 Å². The third-order valence-corrected chi connectivity index (χ3v) is 12.4. The number of hydrogen-bond acceptors (Lipinski definition) is 7. The van der Waals surface area contributed by atoms with Crippen molar-refractivity contribution < 1.29 is 19.5 Å². The van der Waals surface area contributed by atoms with Crippen molar-refractivity contribution in [3.63, 3.8) is 0 Å². The fourth-order valence-corrected chi connectivity index (χ4v) is 8.39. The van der Waals surface area contributed by atoms with Crippen LogP contribution in [0.3, 0.4) is 0 Å². The van der Waals surface area contributed by atoms with Crippen molar-refractivity contribution in [3.05, 3.63) is 0 Å². The van der Waals surface area contributed by atoms with Gasteiger partial charge in [0.15, 0.2) is 0 Å². The molecule has 61 heavy (non-hydrogen) atoms. The van der Waals surface area contributed by atoms with Gasteiger partial charge in [0, 0.05) is 13.1 Å². The Morgan fingerprint density at radius 3 is 1.16 bits per heavy atom. The number of aliphatic carboxylic acids is 1. The number of nitrogens with two attached hydrogens (primary N) is 2. The highest BCUT2D eigenvalue weighted by molar-refractivity contribution is 5.92. The summed E-state index contributed by atoms with van der Waals surface area (Å²) in [6.07, 6.45) is 43.9. The molecule has 0 saturated heterocycles. The van der Waals surface area contributed by atoms with Crippen LogP contribution in [0.15, 0.2) is 0 Å². The van der Waals surface area contributed by atoms with E-state index in [-0.39, 0.29) is 11.8 Å². The van der Waals surface area contributed by atoms with Crippen molar-refractivity contribution >= 4 is 17.8 Å². The zero-order valence-corrected chi connectivity index (χ0v) is 40.5. The van der Waals surface area contributed by atoms with E-state index < -0.39 is 24.5 Å². The molecule has 0 saturated carbocycles. The predicted octanol–water partition coefficient (Wildman–Crippen LogP) is 11.3. The molecule has 0 aliphatic heterocycles. The third-order valence-electron chi connectivity index (χ3n) is 12.4. The minimum Gasteiger partial charge on any atom is -0.481 e. The van der Waals surface area contributed by atoms with Crippen LogP contribution in [0.25, 0.3) is 0 Å². The highest BCUT2D eigenvalue weighted by atomic mass is 16.4. The smallest absolute Gasteiger partial charge is 0.305 e. The number of nitrogens with zero attached hydrogens (tertiary/aromatic N) is 1. The first kappa shape index (κ1) is 59.2. The van der Waals surface area contributed by atoms with Crippen molar-refractivity contribution in [1.82, 2.24) is 20.9 Å². The molecule has 0 aromatic heterocycles. The number of hydrogen-bond donors (Lipinski definition) is 6. The number of carboxylic acids is 1. The molecule has 0 aromatic carbocycles. The van der Waals surface area contributed by atoms with E-state index in [9.17, 15) is 19.5 Å². The molecule has 0 fully saturated rings. The zero-order valence-electron chi connectivity index (χ0n) is 40.5. The lowest BCUT2D eigenvalue weighted by Gasteiger charge is -2.29. The Balaban J connectivity index is 5.00. The molecule has 0 aliphatic rings. The number of carbonyl (C=O) groups is 3. The second kappa shape index (κ2) is 47.7. The number of carboxylic acid groups (broad SMARTS) is 1. The summed E-state index contributed by atoms with van der Waals surface area (Å²) in [6, 6.07) is -1.62. The maximum atomic E-state index is 14.1. The normalized spacial score (nSPS) is 12.5.